The zero-order valence-corrected chi connectivity index (χ0v) is 21.3. The van der Waals surface area contributed by atoms with Crippen LogP contribution in [0.3, 0.4) is 0 Å². The Morgan fingerprint density at radius 3 is 2.49 bits per heavy atom. The summed E-state index contributed by atoms with van der Waals surface area (Å²) in [6, 6.07) is 9.49. The van der Waals surface area contributed by atoms with Crippen molar-refractivity contribution in [1.29, 1.82) is 0 Å². The van der Waals surface area contributed by atoms with Gasteiger partial charge in [-0.05, 0) is 42.8 Å². The summed E-state index contributed by atoms with van der Waals surface area (Å²) in [4.78, 5) is 39.1. The average molecular weight is 589 g/mol. The number of hydrogen-bond acceptors (Lipinski definition) is 7. The third kappa shape index (κ3) is 7.58. The molecule has 4 rings (SSSR count). The fraction of sp³-hybridized carbons (Fsp3) is 0.217. The lowest BCUT2D eigenvalue weighted by atomic mass is 10.1. The molecule has 1 aliphatic rings. The predicted octanol–water partition coefficient (Wildman–Crippen LogP) is 2.76. The van der Waals surface area contributed by atoms with Crippen LogP contribution >= 0.6 is 11.3 Å². The summed E-state index contributed by atoms with van der Waals surface area (Å²) in [6.07, 6.45) is -1.57. The number of thiophene rings is 1. The first-order chi connectivity index (χ1) is 18.2. The van der Waals surface area contributed by atoms with Crippen LogP contribution in [0.5, 0.6) is 0 Å². The normalized spacial score (nSPS) is 15.5. The molecule has 0 bridgehead atoms. The van der Waals surface area contributed by atoms with E-state index in [-0.39, 0.29) is 34.8 Å². The van der Waals surface area contributed by atoms with Crippen LogP contribution in [0.15, 0.2) is 59.1 Å². The Morgan fingerprint density at radius 1 is 1.21 bits per heavy atom. The number of likely N-dealkylation sites (tertiary alicyclic amines) is 1. The minimum absolute atomic E-state index is 0.0859. The summed E-state index contributed by atoms with van der Waals surface area (Å²) < 4.78 is 74.1. The molecule has 16 heteroatoms. The van der Waals surface area contributed by atoms with Gasteiger partial charge in [0.2, 0.25) is 11.8 Å². The van der Waals surface area contributed by atoms with E-state index in [0.29, 0.717) is 0 Å². The van der Waals surface area contributed by atoms with Gasteiger partial charge in [-0.3, -0.25) is 14.6 Å². The Labute approximate surface area is 223 Å². The molecule has 0 aliphatic carbocycles. The molecular weight excluding hydrogens is 568 g/mol. The van der Waals surface area contributed by atoms with Crippen molar-refractivity contribution in [2.24, 2.45) is 5.73 Å². The number of aliphatic carboxylic acids is 1. The highest BCUT2D eigenvalue weighted by atomic mass is 32.2. The summed E-state index contributed by atoms with van der Waals surface area (Å²) in [6.45, 7) is 0.159. The molecule has 0 spiro atoms. The molecule has 4 N–H and O–H groups in total. The maximum Gasteiger partial charge on any atom is 0.490 e. The number of aromatic nitrogens is 1. The first kappa shape index (κ1) is 29.7. The smallest absolute Gasteiger partial charge is 0.475 e. The van der Waals surface area contributed by atoms with Crippen LogP contribution in [0.1, 0.15) is 22.3 Å². The molecule has 2 aromatic heterocycles. The van der Waals surface area contributed by atoms with Crippen LogP contribution in [0, 0.1) is 5.82 Å². The van der Waals surface area contributed by atoms with Crippen LogP contribution in [-0.4, -0.2) is 60.0 Å². The second-order valence-corrected chi connectivity index (χ2v) is 11.1. The lowest BCUT2D eigenvalue weighted by Crippen LogP contribution is -2.41. The first-order valence-corrected chi connectivity index (χ1v) is 13.2. The number of carboxylic acids is 1. The van der Waals surface area contributed by atoms with Crippen molar-refractivity contribution in [1.82, 2.24) is 14.6 Å². The summed E-state index contributed by atoms with van der Waals surface area (Å²) in [5.74, 6) is -4.49. The third-order valence-electron chi connectivity index (χ3n) is 5.32. The number of pyridine rings is 1. The van der Waals surface area contributed by atoms with Gasteiger partial charge < -0.3 is 15.7 Å². The number of halogens is 4. The number of nitrogens with two attached hydrogens (primary N) is 1. The molecule has 208 valence electrons. The first-order valence-electron chi connectivity index (χ1n) is 10.9. The number of amides is 2. The predicted molar refractivity (Wildman–Crippen MR) is 130 cm³/mol. The highest BCUT2D eigenvalue weighted by Gasteiger charge is 2.38. The number of hydrogen-bond donors (Lipinski definition) is 3. The van der Waals surface area contributed by atoms with E-state index in [2.05, 4.69) is 9.71 Å². The Hall–Kier alpha value is -3.89. The van der Waals surface area contributed by atoms with E-state index < -0.39 is 45.8 Å². The summed E-state index contributed by atoms with van der Waals surface area (Å²) in [5.41, 5.74) is 6.29. The van der Waals surface area contributed by atoms with Crippen LogP contribution < -0.4 is 10.5 Å². The number of sulfonamides is 1. The minimum Gasteiger partial charge on any atom is -0.475 e. The van der Waals surface area contributed by atoms with Gasteiger partial charge in [-0.25, -0.2) is 17.6 Å². The van der Waals surface area contributed by atoms with E-state index >= 15 is 0 Å². The fourth-order valence-corrected chi connectivity index (χ4v) is 5.97. The number of carbonyl (C=O) groups is 3. The van der Waals surface area contributed by atoms with Crippen molar-refractivity contribution in [3.8, 4) is 10.4 Å². The standard InChI is InChI=1S/C21H19FN4O4S2.C2HF3O2/c22-16-4-3-13(20(23)27)10-15(16)12-26-9-7-17(21(26)28)25-32(29,30)19-6-5-18(31-19)14-2-1-8-24-11-14;3-2(4,5)1(6)7/h1-6,8,10-11,17,25H,7,9,12H2,(H2,23,27);(H,6,7)/t17-;/m0./s1. The highest BCUT2D eigenvalue weighted by molar-refractivity contribution is 7.91. The zero-order chi connectivity index (χ0) is 29.0. The molecule has 0 unspecified atom stereocenters. The summed E-state index contributed by atoms with van der Waals surface area (Å²) in [7, 11) is -3.92. The van der Waals surface area contributed by atoms with E-state index in [9.17, 15) is 35.6 Å². The van der Waals surface area contributed by atoms with Gasteiger partial charge in [0.25, 0.3) is 10.0 Å². The number of carbonyl (C=O) groups excluding carboxylic acids is 2. The van der Waals surface area contributed by atoms with Crippen LogP contribution in [0.4, 0.5) is 17.6 Å². The molecule has 3 heterocycles. The molecule has 3 aromatic rings. The number of carboxylic acid groups (broad SMARTS) is 1. The Bertz CT molecular complexity index is 1480. The maximum atomic E-state index is 14.1. The molecule has 1 fully saturated rings. The van der Waals surface area contributed by atoms with E-state index in [1.165, 1.54) is 23.1 Å². The summed E-state index contributed by atoms with van der Waals surface area (Å²) >= 11 is 1.08. The zero-order valence-electron chi connectivity index (χ0n) is 19.7. The van der Waals surface area contributed by atoms with Gasteiger partial charge in [0.15, 0.2) is 0 Å². The Kier molecular flexibility index (Phi) is 9.03. The largest absolute Gasteiger partial charge is 0.490 e. The van der Waals surface area contributed by atoms with Crippen molar-refractivity contribution < 1.29 is 45.5 Å². The molecule has 0 saturated carbocycles. The second-order valence-electron chi connectivity index (χ2n) is 8.06. The molecule has 0 radical (unpaired) electrons. The van der Waals surface area contributed by atoms with Gasteiger partial charge in [-0.2, -0.15) is 17.9 Å². The SMILES string of the molecule is NC(=O)c1ccc(F)c(CN2CC[C@H](NS(=O)(=O)c3ccc(-c4cccnc4)s3)C2=O)c1.O=C(O)C(F)(F)F. The molecule has 1 aromatic carbocycles. The van der Waals surface area contributed by atoms with Crippen molar-refractivity contribution >= 4 is 39.1 Å². The van der Waals surface area contributed by atoms with Crippen molar-refractivity contribution in [2.75, 3.05) is 6.54 Å². The van der Waals surface area contributed by atoms with Gasteiger partial charge in [-0.15, -0.1) is 11.3 Å². The average Bonchev–Trinajstić information content (AvgIpc) is 3.49. The number of nitrogens with zero attached hydrogens (tertiary/aromatic N) is 2. The molecule has 1 atom stereocenters. The Balaban J connectivity index is 0.000000532. The maximum absolute atomic E-state index is 14.1. The molecule has 1 aliphatic heterocycles. The highest BCUT2D eigenvalue weighted by Crippen LogP contribution is 2.30. The monoisotopic (exact) mass is 588 g/mol. The van der Waals surface area contributed by atoms with Crippen molar-refractivity contribution in [3.05, 3.63) is 71.8 Å². The topological polar surface area (TPSA) is 160 Å². The lowest BCUT2D eigenvalue weighted by molar-refractivity contribution is -0.192. The molecule has 10 nitrogen and oxygen atoms in total. The lowest BCUT2D eigenvalue weighted by Gasteiger charge is -2.18. The van der Waals surface area contributed by atoms with E-state index in [1.807, 2.05) is 6.07 Å². The molecule has 2 amide bonds. The van der Waals surface area contributed by atoms with Crippen LogP contribution in [0.25, 0.3) is 10.4 Å². The Morgan fingerprint density at radius 2 is 1.90 bits per heavy atom. The fourth-order valence-electron chi connectivity index (χ4n) is 3.43. The molecular formula is C23H20F4N4O6S2. The summed E-state index contributed by atoms with van der Waals surface area (Å²) in [5, 5.41) is 7.12. The van der Waals surface area contributed by atoms with Gasteiger partial charge in [-0.1, -0.05) is 6.07 Å². The van der Waals surface area contributed by atoms with E-state index in [4.69, 9.17) is 15.6 Å². The number of nitrogens with one attached hydrogen (secondary N) is 1. The molecule has 1 saturated heterocycles. The van der Waals surface area contributed by atoms with Gasteiger partial charge in [0.05, 0.1) is 0 Å². The number of benzene rings is 1. The van der Waals surface area contributed by atoms with E-state index in [0.717, 1.165) is 27.8 Å². The number of alkyl halides is 3. The van der Waals surface area contributed by atoms with Crippen LogP contribution in [-0.2, 0) is 26.2 Å². The van der Waals surface area contributed by atoms with Crippen molar-refractivity contribution in [3.63, 3.8) is 0 Å². The van der Waals surface area contributed by atoms with E-state index in [1.54, 1.807) is 24.5 Å². The van der Waals surface area contributed by atoms with Gasteiger partial charge >= 0.3 is 12.1 Å². The molecule has 39 heavy (non-hydrogen) atoms. The quantitative estimate of drug-likeness (QED) is 0.358. The third-order valence-corrected chi connectivity index (χ3v) is 8.42. The number of rotatable bonds is 7. The number of primary amides is 1. The van der Waals surface area contributed by atoms with Gasteiger partial charge in [0.1, 0.15) is 16.1 Å². The van der Waals surface area contributed by atoms with Crippen molar-refractivity contribution in [2.45, 2.75) is 29.4 Å². The second kappa shape index (κ2) is 11.9. The minimum atomic E-state index is -5.08. The van der Waals surface area contributed by atoms with Crippen LogP contribution in [0.2, 0.25) is 0 Å². The van der Waals surface area contributed by atoms with Gasteiger partial charge in [0, 0.05) is 47.1 Å².